The topological polar surface area (TPSA) is 145 Å². The summed E-state index contributed by atoms with van der Waals surface area (Å²) in [6.07, 6.45) is -1.52. The maximum atomic E-state index is 12.5. The number of carbonyl (C=O) groups is 4. The number of hydrogen-bond acceptors (Lipinski definition) is 12. The Balaban J connectivity index is 3.03. The van der Waals surface area contributed by atoms with Crippen molar-refractivity contribution in [3.05, 3.63) is 23.8 Å². The number of ether oxygens (including phenoxy) is 7. The van der Waals surface area contributed by atoms with Gasteiger partial charge < -0.3 is 38.5 Å². The van der Waals surface area contributed by atoms with E-state index >= 15 is 0 Å². The molecule has 0 aromatic heterocycles. The molecule has 232 valence electrons. The normalized spacial score (nSPS) is 14.4. The van der Waals surface area contributed by atoms with Gasteiger partial charge >= 0.3 is 24.4 Å². The smallest absolute Gasteiger partial charge is 0.468 e. The predicted molar refractivity (Wildman–Crippen MR) is 149 cm³/mol. The Labute approximate surface area is 242 Å². The number of carbonyl (C=O) groups excluding carboxylic acids is 4. The molecule has 1 aromatic carbocycles. The van der Waals surface area contributed by atoms with Crippen LogP contribution in [0.1, 0.15) is 79.7 Å². The van der Waals surface area contributed by atoms with Crippen LogP contribution in [0.3, 0.4) is 0 Å². The van der Waals surface area contributed by atoms with E-state index in [1.165, 1.54) is 19.2 Å². The van der Waals surface area contributed by atoms with Gasteiger partial charge in [-0.3, -0.25) is 4.79 Å². The molecule has 1 aromatic rings. The van der Waals surface area contributed by atoms with E-state index in [-0.39, 0.29) is 36.7 Å². The molecule has 0 aliphatic heterocycles. The summed E-state index contributed by atoms with van der Waals surface area (Å²) in [5.41, 5.74) is 0.545. The maximum absolute atomic E-state index is 12.5. The Kier molecular flexibility index (Phi) is 16.2. The van der Waals surface area contributed by atoms with Crippen LogP contribution in [0.4, 0.5) is 14.4 Å². The molecule has 0 spiro atoms. The summed E-state index contributed by atoms with van der Waals surface area (Å²) in [5, 5.41) is 3.03. The van der Waals surface area contributed by atoms with Crippen LogP contribution in [-0.4, -0.2) is 68.5 Å². The van der Waals surface area contributed by atoms with Gasteiger partial charge in [0.05, 0.1) is 7.11 Å². The molecule has 0 saturated heterocycles. The second kappa shape index (κ2) is 18.7. The fourth-order valence-corrected chi connectivity index (χ4v) is 3.35. The molecule has 0 saturated carbocycles. The van der Waals surface area contributed by atoms with Gasteiger partial charge in [-0.25, -0.2) is 14.4 Å². The van der Waals surface area contributed by atoms with Gasteiger partial charge in [-0.1, -0.05) is 33.3 Å². The zero-order valence-electron chi connectivity index (χ0n) is 25.4. The molecule has 0 aliphatic rings. The second-order valence-electron chi connectivity index (χ2n) is 9.74. The van der Waals surface area contributed by atoms with Gasteiger partial charge in [-0.15, -0.1) is 0 Å². The van der Waals surface area contributed by atoms with Crippen LogP contribution < -0.4 is 14.8 Å². The van der Waals surface area contributed by atoms with E-state index in [4.69, 9.17) is 33.2 Å². The standard InChI is InChI=1S/C29H45NO11/c1-9-12-20(6)38-27(32)39-21(7)17-30-23(26(31)35-8)15-22-13-14-24(40-28(33)36-18(4)10-2)25(16-22)41-29(34)37-19(5)11-3/h13-14,16,18-21,23,30H,9-12,15,17H2,1-8H3/t18?,19?,20?,21?,23-/m0/s1. The Morgan fingerprint density at radius 3 is 1.80 bits per heavy atom. The molecular weight excluding hydrogens is 538 g/mol. The molecule has 5 atom stereocenters. The number of nitrogens with one attached hydrogen (secondary N) is 1. The van der Waals surface area contributed by atoms with Crippen molar-refractivity contribution < 1.29 is 52.3 Å². The molecule has 12 heteroatoms. The highest BCUT2D eigenvalue weighted by molar-refractivity contribution is 5.76. The summed E-state index contributed by atoms with van der Waals surface area (Å²) < 4.78 is 36.4. The summed E-state index contributed by atoms with van der Waals surface area (Å²) in [5.74, 6) is -0.725. The lowest BCUT2D eigenvalue weighted by molar-refractivity contribution is -0.143. The molecule has 0 radical (unpaired) electrons. The Hall–Kier alpha value is -3.54. The zero-order chi connectivity index (χ0) is 30.9. The van der Waals surface area contributed by atoms with Crippen LogP contribution >= 0.6 is 0 Å². The highest BCUT2D eigenvalue weighted by Gasteiger charge is 2.24. The van der Waals surface area contributed by atoms with Crippen molar-refractivity contribution in [3.63, 3.8) is 0 Å². The van der Waals surface area contributed by atoms with Crippen LogP contribution in [0.25, 0.3) is 0 Å². The van der Waals surface area contributed by atoms with Gasteiger partial charge in [0.2, 0.25) is 0 Å². The van der Waals surface area contributed by atoms with Crippen molar-refractivity contribution in [2.24, 2.45) is 0 Å². The molecule has 1 rings (SSSR count). The molecule has 0 heterocycles. The molecule has 4 unspecified atom stereocenters. The minimum absolute atomic E-state index is 0.0661. The molecule has 41 heavy (non-hydrogen) atoms. The van der Waals surface area contributed by atoms with Crippen molar-refractivity contribution in [2.75, 3.05) is 13.7 Å². The van der Waals surface area contributed by atoms with Crippen LogP contribution in [-0.2, 0) is 34.9 Å². The molecule has 1 N–H and O–H groups in total. The van der Waals surface area contributed by atoms with Crippen molar-refractivity contribution in [1.82, 2.24) is 5.32 Å². The van der Waals surface area contributed by atoms with Crippen molar-refractivity contribution in [3.8, 4) is 11.5 Å². The SMILES string of the molecule is CCCC(C)OC(=O)OC(C)CN[C@@H](Cc1ccc(OC(=O)OC(C)CC)c(OC(=O)OC(C)CC)c1)C(=O)OC. The van der Waals surface area contributed by atoms with E-state index in [0.29, 0.717) is 18.4 Å². The highest BCUT2D eigenvalue weighted by atomic mass is 16.8. The number of methoxy groups -OCH3 is 1. The third kappa shape index (κ3) is 14.1. The molecule has 0 aliphatic carbocycles. The molecule has 0 fully saturated rings. The second-order valence-corrected chi connectivity index (χ2v) is 9.74. The minimum Gasteiger partial charge on any atom is -0.468 e. The van der Waals surface area contributed by atoms with Crippen molar-refractivity contribution in [2.45, 2.75) is 111 Å². The lowest BCUT2D eigenvalue weighted by atomic mass is 10.0. The first-order chi connectivity index (χ1) is 19.4. The highest BCUT2D eigenvalue weighted by Crippen LogP contribution is 2.30. The lowest BCUT2D eigenvalue weighted by Gasteiger charge is -2.21. The van der Waals surface area contributed by atoms with E-state index < -0.39 is 42.7 Å². The van der Waals surface area contributed by atoms with E-state index in [0.717, 1.165) is 12.8 Å². The van der Waals surface area contributed by atoms with E-state index in [2.05, 4.69) is 5.32 Å². The molecular formula is C29H45NO11. The summed E-state index contributed by atoms with van der Waals surface area (Å²) in [6, 6.07) is 3.63. The zero-order valence-corrected chi connectivity index (χ0v) is 25.4. The van der Waals surface area contributed by atoms with Gasteiger partial charge in [-0.2, -0.15) is 0 Å². The predicted octanol–water partition coefficient (Wildman–Crippen LogP) is 5.72. The van der Waals surface area contributed by atoms with E-state index in [1.54, 1.807) is 33.8 Å². The van der Waals surface area contributed by atoms with Gasteiger partial charge in [0.15, 0.2) is 11.5 Å². The average Bonchev–Trinajstić information content (AvgIpc) is 2.91. The quantitative estimate of drug-likeness (QED) is 0.144. The lowest BCUT2D eigenvalue weighted by Crippen LogP contribution is -2.43. The third-order valence-electron chi connectivity index (χ3n) is 6.01. The van der Waals surface area contributed by atoms with Gasteiger partial charge in [-0.05, 0) is 71.1 Å². The van der Waals surface area contributed by atoms with Crippen LogP contribution in [0.5, 0.6) is 11.5 Å². The molecule has 0 bridgehead atoms. The number of hydrogen-bond donors (Lipinski definition) is 1. The minimum atomic E-state index is -0.981. The summed E-state index contributed by atoms with van der Waals surface area (Å²) in [6.45, 7) is 12.7. The van der Waals surface area contributed by atoms with Gasteiger partial charge in [0.25, 0.3) is 0 Å². The van der Waals surface area contributed by atoms with E-state index in [1.807, 2.05) is 20.8 Å². The largest absolute Gasteiger partial charge is 0.514 e. The summed E-state index contributed by atoms with van der Waals surface area (Å²) >= 11 is 0. The third-order valence-corrected chi connectivity index (χ3v) is 6.01. The fraction of sp³-hybridized carbons (Fsp3) is 0.655. The first kappa shape index (κ1) is 35.5. The first-order valence-electron chi connectivity index (χ1n) is 14.0. The maximum Gasteiger partial charge on any atom is 0.514 e. The number of rotatable bonds is 16. The molecule has 0 amide bonds. The first-order valence-corrected chi connectivity index (χ1v) is 14.0. The van der Waals surface area contributed by atoms with Crippen molar-refractivity contribution in [1.29, 1.82) is 0 Å². The summed E-state index contributed by atoms with van der Waals surface area (Å²) in [7, 11) is 1.25. The Bertz CT molecular complexity index is 984. The van der Waals surface area contributed by atoms with Crippen molar-refractivity contribution >= 4 is 24.4 Å². The molecule has 12 nitrogen and oxygen atoms in total. The fourth-order valence-electron chi connectivity index (χ4n) is 3.35. The van der Waals surface area contributed by atoms with Gasteiger partial charge in [0, 0.05) is 6.54 Å². The van der Waals surface area contributed by atoms with Crippen LogP contribution in [0, 0.1) is 0 Å². The van der Waals surface area contributed by atoms with E-state index in [9.17, 15) is 19.2 Å². The number of esters is 1. The van der Waals surface area contributed by atoms with Crippen LogP contribution in [0.15, 0.2) is 18.2 Å². The Morgan fingerprint density at radius 2 is 1.27 bits per heavy atom. The monoisotopic (exact) mass is 583 g/mol. The van der Waals surface area contributed by atoms with Gasteiger partial charge in [0.1, 0.15) is 30.5 Å². The number of benzene rings is 1. The van der Waals surface area contributed by atoms with Crippen LogP contribution in [0.2, 0.25) is 0 Å². The average molecular weight is 584 g/mol. The Morgan fingerprint density at radius 1 is 0.732 bits per heavy atom. The summed E-state index contributed by atoms with van der Waals surface area (Å²) in [4.78, 5) is 49.1.